The average molecular weight is 265 g/mol. The molecule has 0 radical (unpaired) electrons. The summed E-state index contributed by atoms with van der Waals surface area (Å²) in [5.74, 6) is -0.450. The first-order valence-electron chi connectivity index (χ1n) is 5.92. The Balaban J connectivity index is 1.86. The SMILES string of the molecule is O=C(NC(=O)c1ccccc1)O[C@@H]1CCC[C@@H]1S. The van der Waals surface area contributed by atoms with Crippen LogP contribution in [-0.2, 0) is 4.74 Å². The second kappa shape index (κ2) is 5.91. The minimum Gasteiger partial charge on any atom is -0.445 e. The van der Waals surface area contributed by atoms with Crippen LogP contribution in [0.4, 0.5) is 4.79 Å². The number of carbonyl (C=O) groups is 2. The van der Waals surface area contributed by atoms with E-state index in [1.165, 1.54) is 0 Å². The fourth-order valence-corrected chi connectivity index (χ4v) is 2.36. The van der Waals surface area contributed by atoms with Crippen LogP contribution < -0.4 is 5.32 Å². The van der Waals surface area contributed by atoms with Crippen molar-refractivity contribution in [3.63, 3.8) is 0 Å². The van der Waals surface area contributed by atoms with Crippen LogP contribution in [0.1, 0.15) is 29.6 Å². The molecule has 0 spiro atoms. The largest absolute Gasteiger partial charge is 0.445 e. The number of ether oxygens (including phenoxy) is 1. The van der Waals surface area contributed by atoms with Gasteiger partial charge in [-0.2, -0.15) is 12.6 Å². The third-order valence-electron chi connectivity index (χ3n) is 2.93. The number of hydrogen-bond donors (Lipinski definition) is 2. The van der Waals surface area contributed by atoms with Gasteiger partial charge >= 0.3 is 6.09 Å². The number of hydrogen-bond acceptors (Lipinski definition) is 4. The maximum absolute atomic E-state index is 11.7. The summed E-state index contributed by atoms with van der Waals surface area (Å²) in [6, 6.07) is 8.56. The van der Waals surface area contributed by atoms with E-state index in [0.717, 1.165) is 19.3 Å². The van der Waals surface area contributed by atoms with Gasteiger partial charge in [-0.1, -0.05) is 18.2 Å². The monoisotopic (exact) mass is 265 g/mol. The Morgan fingerprint density at radius 2 is 1.94 bits per heavy atom. The van der Waals surface area contributed by atoms with Crippen LogP contribution in [0.25, 0.3) is 0 Å². The van der Waals surface area contributed by atoms with Crippen molar-refractivity contribution in [2.24, 2.45) is 0 Å². The van der Waals surface area contributed by atoms with Gasteiger partial charge in [0, 0.05) is 10.8 Å². The molecule has 4 nitrogen and oxygen atoms in total. The van der Waals surface area contributed by atoms with E-state index in [1.54, 1.807) is 30.3 Å². The maximum atomic E-state index is 11.7. The van der Waals surface area contributed by atoms with Gasteiger partial charge in [-0.15, -0.1) is 0 Å². The summed E-state index contributed by atoms with van der Waals surface area (Å²) in [6.07, 6.45) is 1.85. The summed E-state index contributed by atoms with van der Waals surface area (Å²) in [5, 5.41) is 2.28. The zero-order valence-corrected chi connectivity index (χ0v) is 10.7. The second-order valence-corrected chi connectivity index (χ2v) is 4.93. The molecule has 0 aliphatic heterocycles. The fraction of sp³-hybridized carbons (Fsp3) is 0.385. The molecular weight excluding hydrogens is 250 g/mol. The van der Waals surface area contributed by atoms with Gasteiger partial charge in [0.15, 0.2) is 0 Å². The molecule has 2 atom stereocenters. The third kappa shape index (κ3) is 3.26. The standard InChI is InChI=1S/C13H15NO3S/c15-12(9-5-2-1-3-6-9)14-13(16)17-10-7-4-8-11(10)18/h1-3,5-6,10-11,18H,4,7-8H2,(H,14,15,16)/t10-,11+/m1/s1. The molecule has 1 aliphatic rings. The molecule has 1 aromatic carbocycles. The lowest BCUT2D eigenvalue weighted by Gasteiger charge is -2.15. The number of carbonyl (C=O) groups excluding carboxylic acids is 2. The van der Waals surface area contributed by atoms with Gasteiger partial charge in [-0.05, 0) is 31.4 Å². The molecule has 18 heavy (non-hydrogen) atoms. The minimum absolute atomic E-state index is 0.0718. The molecule has 0 unspecified atom stereocenters. The van der Waals surface area contributed by atoms with Crippen molar-refractivity contribution in [1.82, 2.24) is 5.32 Å². The van der Waals surface area contributed by atoms with E-state index in [4.69, 9.17) is 4.74 Å². The number of alkyl carbamates (subject to hydrolysis) is 1. The number of imide groups is 1. The molecular formula is C13H15NO3S. The van der Waals surface area contributed by atoms with Crippen LogP contribution in [0.5, 0.6) is 0 Å². The van der Waals surface area contributed by atoms with E-state index in [2.05, 4.69) is 17.9 Å². The first kappa shape index (κ1) is 13.0. The maximum Gasteiger partial charge on any atom is 0.414 e. The number of amides is 2. The Hall–Kier alpha value is -1.49. The van der Waals surface area contributed by atoms with Crippen LogP contribution in [0, 0.1) is 0 Å². The number of rotatable bonds is 2. The van der Waals surface area contributed by atoms with Crippen molar-refractivity contribution in [3.05, 3.63) is 35.9 Å². The second-order valence-electron chi connectivity index (χ2n) is 4.26. The highest BCUT2D eigenvalue weighted by atomic mass is 32.1. The molecule has 1 aliphatic carbocycles. The molecule has 96 valence electrons. The van der Waals surface area contributed by atoms with E-state index >= 15 is 0 Å². The zero-order chi connectivity index (χ0) is 13.0. The third-order valence-corrected chi connectivity index (χ3v) is 3.52. The van der Waals surface area contributed by atoms with Gasteiger partial charge in [-0.3, -0.25) is 10.1 Å². The smallest absolute Gasteiger partial charge is 0.414 e. The number of benzene rings is 1. The normalized spacial score (nSPS) is 22.5. The lowest BCUT2D eigenvalue weighted by Crippen LogP contribution is -2.35. The van der Waals surface area contributed by atoms with E-state index in [9.17, 15) is 9.59 Å². The van der Waals surface area contributed by atoms with Crippen molar-refractivity contribution in [2.75, 3.05) is 0 Å². The summed E-state index contributed by atoms with van der Waals surface area (Å²) in [4.78, 5) is 23.2. The molecule has 1 N–H and O–H groups in total. The topological polar surface area (TPSA) is 55.4 Å². The molecule has 2 amide bonds. The molecule has 0 aromatic heterocycles. The summed E-state index contributed by atoms with van der Waals surface area (Å²) < 4.78 is 5.17. The fourth-order valence-electron chi connectivity index (χ4n) is 1.97. The highest BCUT2D eigenvalue weighted by Gasteiger charge is 2.28. The van der Waals surface area contributed by atoms with Crippen LogP contribution in [0.3, 0.4) is 0 Å². The Morgan fingerprint density at radius 1 is 1.22 bits per heavy atom. The van der Waals surface area contributed by atoms with Gasteiger partial charge in [-0.25, -0.2) is 4.79 Å². The highest BCUT2D eigenvalue weighted by Crippen LogP contribution is 2.26. The highest BCUT2D eigenvalue weighted by molar-refractivity contribution is 7.81. The van der Waals surface area contributed by atoms with Gasteiger partial charge < -0.3 is 4.74 Å². The molecule has 0 saturated heterocycles. The van der Waals surface area contributed by atoms with E-state index in [1.807, 2.05) is 0 Å². The first-order chi connectivity index (χ1) is 8.66. The quantitative estimate of drug-likeness (QED) is 0.807. The van der Waals surface area contributed by atoms with Gasteiger partial charge in [0.25, 0.3) is 5.91 Å². The van der Waals surface area contributed by atoms with Gasteiger partial charge in [0.05, 0.1) is 0 Å². The molecule has 0 heterocycles. The Labute approximate surface area is 111 Å². The number of nitrogens with one attached hydrogen (secondary N) is 1. The van der Waals surface area contributed by atoms with Crippen LogP contribution in [-0.4, -0.2) is 23.4 Å². The van der Waals surface area contributed by atoms with Crippen molar-refractivity contribution < 1.29 is 14.3 Å². The predicted octanol–water partition coefficient (Wildman–Crippen LogP) is 2.40. The summed E-state index contributed by atoms with van der Waals surface area (Å²) in [7, 11) is 0. The van der Waals surface area contributed by atoms with Crippen molar-refractivity contribution >= 4 is 24.6 Å². The van der Waals surface area contributed by atoms with Crippen LogP contribution in [0.2, 0.25) is 0 Å². The Bertz CT molecular complexity index is 435. The molecule has 1 fully saturated rings. The summed E-state index contributed by atoms with van der Waals surface area (Å²) in [6.45, 7) is 0. The van der Waals surface area contributed by atoms with Crippen LogP contribution in [0.15, 0.2) is 30.3 Å². The molecule has 5 heteroatoms. The summed E-state index contributed by atoms with van der Waals surface area (Å²) in [5.41, 5.74) is 0.434. The van der Waals surface area contributed by atoms with E-state index < -0.39 is 12.0 Å². The van der Waals surface area contributed by atoms with E-state index in [0.29, 0.717) is 5.56 Å². The van der Waals surface area contributed by atoms with Crippen LogP contribution >= 0.6 is 12.6 Å². The minimum atomic E-state index is -0.699. The zero-order valence-electron chi connectivity index (χ0n) is 9.83. The first-order valence-corrected chi connectivity index (χ1v) is 6.43. The molecule has 0 bridgehead atoms. The summed E-state index contributed by atoms with van der Waals surface area (Å²) >= 11 is 4.33. The van der Waals surface area contributed by atoms with Crippen molar-refractivity contribution in [2.45, 2.75) is 30.6 Å². The van der Waals surface area contributed by atoms with Crippen molar-refractivity contribution in [1.29, 1.82) is 0 Å². The predicted molar refractivity (Wildman–Crippen MR) is 70.8 cm³/mol. The molecule has 2 rings (SSSR count). The Kier molecular flexibility index (Phi) is 4.25. The number of thiol groups is 1. The molecule has 1 saturated carbocycles. The van der Waals surface area contributed by atoms with E-state index in [-0.39, 0.29) is 11.4 Å². The lowest BCUT2D eigenvalue weighted by atomic mass is 10.2. The van der Waals surface area contributed by atoms with Crippen molar-refractivity contribution in [3.8, 4) is 0 Å². The molecule has 1 aromatic rings. The van der Waals surface area contributed by atoms with Gasteiger partial charge in [0.2, 0.25) is 0 Å². The Morgan fingerprint density at radius 3 is 2.56 bits per heavy atom. The van der Waals surface area contributed by atoms with Gasteiger partial charge in [0.1, 0.15) is 6.10 Å². The lowest BCUT2D eigenvalue weighted by molar-refractivity contribution is 0.0843. The average Bonchev–Trinajstić information content (AvgIpc) is 2.76.